The molecular weight excluding hydrogens is 351 g/mol. The molecule has 146 valence electrons. The van der Waals surface area contributed by atoms with E-state index in [9.17, 15) is 9.59 Å². The third kappa shape index (κ3) is 2.92. The van der Waals surface area contributed by atoms with Crippen LogP contribution >= 0.6 is 0 Å². The van der Waals surface area contributed by atoms with Crippen LogP contribution in [0, 0.1) is 11.7 Å². The number of rotatable bonds is 4. The van der Waals surface area contributed by atoms with Crippen molar-refractivity contribution in [2.45, 2.75) is 44.7 Å². The molecule has 0 bridgehead atoms. The van der Waals surface area contributed by atoms with Crippen LogP contribution in [0.1, 0.15) is 39.2 Å². The molecule has 27 heavy (non-hydrogen) atoms. The van der Waals surface area contributed by atoms with Gasteiger partial charge in [-0.2, -0.15) is 0 Å². The zero-order chi connectivity index (χ0) is 19.5. The summed E-state index contributed by atoms with van der Waals surface area (Å²) in [5.74, 6) is -0.0704. The van der Waals surface area contributed by atoms with E-state index in [-0.39, 0.29) is 28.6 Å². The maximum absolute atomic E-state index is 15.1. The number of aromatic nitrogens is 2. The Morgan fingerprint density at radius 2 is 2.00 bits per heavy atom. The smallest absolute Gasteiger partial charge is 0.329 e. The summed E-state index contributed by atoms with van der Waals surface area (Å²) in [4.78, 5) is 29.0. The van der Waals surface area contributed by atoms with Gasteiger partial charge in [0, 0.05) is 24.7 Å². The fraction of sp³-hybridized carbons (Fsp3) is 0.579. The van der Waals surface area contributed by atoms with Gasteiger partial charge in [-0.15, -0.1) is 0 Å². The second kappa shape index (κ2) is 6.09. The summed E-state index contributed by atoms with van der Waals surface area (Å²) in [6.07, 6.45) is 2.54. The van der Waals surface area contributed by atoms with Gasteiger partial charge in [0.05, 0.1) is 12.5 Å². The number of hydrogen-bond acceptors (Lipinski definition) is 5. The first-order chi connectivity index (χ1) is 12.7. The van der Waals surface area contributed by atoms with Crippen molar-refractivity contribution in [3.63, 3.8) is 0 Å². The van der Waals surface area contributed by atoms with Gasteiger partial charge >= 0.3 is 5.69 Å². The maximum atomic E-state index is 15.1. The fourth-order valence-electron chi connectivity index (χ4n) is 4.08. The lowest BCUT2D eigenvalue weighted by molar-refractivity contribution is 0.348. The lowest BCUT2D eigenvalue weighted by atomic mass is 9.88. The highest BCUT2D eigenvalue weighted by Crippen LogP contribution is 2.43. The average molecular weight is 376 g/mol. The molecule has 2 heterocycles. The molecule has 1 aromatic heterocycles. The Bertz CT molecular complexity index is 1020. The first-order valence-corrected chi connectivity index (χ1v) is 9.31. The standard InChI is InChI=1S/C19H25FN4O3/c1-19(2,21)10-6-7-23(9-10)15-13(20)8-12-14(16(15)27-3)24(11-4-5-11)18(26)22-17(12)25/h8,10-11H,4-7,9,21H2,1-3H3,(H,22,25,26)/t10-/m0/s1. The number of methoxy groups -OCH3 is 1. The van der Waals surface area contributed by atoms with Crippen molar-refractivity contribution in [1.82, 2.24) is 9.55 Å². The van der Waals surface area contributed by atoms with Crippen molar-refractivity contribution in [3.8, 4) is 5.75 Å². The van der Waals surface area contributed by atoms with Crippen LogP contribution in [0.25, 0.3) is 10.9 Å². The molecule has 0 amide bonds. The van der Waals surface area contributed by atoms with E-state index in [1.165, 1.54) is 13.2 Å². The minimum atomic E-state index is -0.599. The van der Waals surface area contributed by atoms with E-state index >= 15 is 4.39 Å². The van der Waals surface area contributed by atoms with Crippen molar-refractivity contribution in [2.75, 3.05) is 25.1 Å². The van der Waals surface area contributed by atoms with Crippen LogP contribution in [0.3, 0.4) is 0 Å². The number of fused-ring (bicyclic) bond motifs is 1. The van der Waals surface area contributed by atoms with Gasteiger partial charge in [0.1, 0.15) is 11.2 Å². The molecule has 1 aliphatic heterocycles. The number of aromatic amines is 1. The molecule has 4 rings (SSSR count). The highest BCUT2D eigenvalue weighted by Gasteiger charge is 2.36. The predicted octanol–water partition coefficient (Wildman–Crippen LogP) is 1.74. The molecule has 8 heteroatoms. The van der Waals surface area contributed by atoms with Crippen molar-refractivity contribution in [2.24, 2.45) is 11.7 Å². The number of anilines is 1. The Kier molecular flexibility index (Phi) is 4.06. The van der Waals surface area contributed by atoms with Gasteiger partial charge in [0.25, 0.3) is 5.56 Å². The normalized spacial score (nSPS) is 20.5. The lowest BCUT2D eigenvalue weighted by Gasteiger charge is -2.28. The van der Waals surface area contributed by atoms with Crippen molar-refractivity contribution < 1.29 is 9.13 Å². The van der Waals surface area contributed by atoms with E-state index in [0.29, 0.717) is 24.3 Å². The first-order valence-electron chi connectivity index (χ1n) is 9.31. The van der Waals surface area contributed by atoms with Crippen LogP contribution in [0.2, 0.25) is 0 Å². The van der Waals surface area contributed by atoms with Gasteiger partial charge in [-0.1, -0.05) is 0 Å². The SMILES string of the molecule is COc1c(N2CC[C@H](C(C)(C)N)C2)c(F)cc2c(=O)[nH]c(=O)n(C3CC3)c12. The molecule has 1 aromatic carbocycles. The van der Waals surface area contributed by atoms with E-state index in [1.54, 1.807) is 4.57 Å². The zero-order valence-corrected chi connectivity index (χ0v) is 15.8. The number of nitrogens with zero attached hydrogens (tertiary/aromatic N) is 2. The van der Waals surface area contributed by atoms with E-state index in [4.69, 9.17) is 10.5 Å². The zero-order valence-electron chi connectivity index (χ0n) is 15.8. The second-order valence-corrected chi connectivity index (χ2v) is 8.25. The Morgan fingerprint density at radius 1 is 1.30 bits per heavy atom. The van der Waals surface area contributed by atoms with E-state index in [0.717, 1.165) is 19.3 Å². The third-order valence-electron chi connectivity index (χ3n) is 5.78. The van der Waals surface area contributed by atoms with E-state index in [2.05, 4.69) is 4.98 Å². The van der Waals surface area contributed by atoms with Crippen molar-refractivity contribution in [1.29, 1.82) is 0 Å². The van der Waals surface area contributed by atoms with E-state index in [1.807, 2.05) is 18.7 Å². The molecule has 0 spiro atoms. The molecule has 1 atom stereocenters. The Labute approximate surface area is 155 Å². The van der Waals surface area contributed by atoms with E-state index < -0.39 is 17.1 Å². The summed E-state index contributed by atoms with van der Waals surface area (Å²) in [6.45, 7) is 5.18. The summed E-state index contributed by atoms with van der Waals surface area (Å²) in [7, 11) is 1.45. The minimum absolute atomic E-state index is 0.0124. The molecule has 1 saturated carbocycles. The van der Waals surface area contributed by atoms with Crippen molar-refractivity contribution in [3.05, 3.63) is 32.7 Å². The molecule has 2 aliphatic rings. The van der Waals surface area contributed by atoms with Crippen LogP contribution in [0.15, 0.2) is 15.7 Å². The van der Waals surface area contributed by atoms with Gasteiger partial charge in [-0.3, -0.25) is 14.3 Å². The number of nitrogens with two attached hydrogens (primary N) is 1. The van der Waals surface area contributed by atoms with Gasteiger partial charge in [-0.05, 0) is 45.1 Å². The largest absolute Gasteiger partial charge is 0.492 e. The van der Waals surface area contributed by atoms with Crippen LogP contribution in [0.4, 0.5) is 10.1 Å². The van der Waals surface area contributed by atoms with Gasteiger partial charge in [0.15, 0.2) is 11.6 Å². The molecule has 7 nitrogen and oxygen atoms in total. The Balaban J connectivity index is 1.95. The average Bonchev–Trinajstić information content (AvgIpc) is 3.28. The summed E-state index contributed by atoms with van der Waals surface area (Å²) in [5.41, 5.74) is 5.48. The first kappa shape index (κ1) is 18.0. The second-order valence-electron chi connectivity index (χ2n) is 8.25. The highest BCUT2D eigenvalue weighted by atomic mass is 19.1. The monoisotopic (exact) mass is 376 g/mol. The predicted molar refractivity (Wildman–Crippen MR) is 102 cm³/mol. The number of nitrogens with one attached hydrogen (secondary N) is 1. The quantitative estimate of drug-likeness (QED) is 0.848. The van der Waals surface area contributed by atoms with Crippen molar-refractivity contribution >= 4 is 16.6 Å². The summed E-state index contributed by atoms with van der Waals surface area (Å²) in [6, 6.07) is 1.23. The number of benzene rings is 1. The van der Waals surface area contributed by atoms with Gasteiger partial charge < -0.3 is 15.4 Å². The maximum Gasteiger partial charge on any atom is 0.329 e. The molecule has 2 aromatic rings. The number of hydrogen-bond donors (Lipinski definition) is 2. The molecule has 0 radical (unpaired) electrons. The highest BCUT2D eigenvalue weighted by molar-refractivity contribution is 5.91. The minimum Gasteiger partial charge on any atom is -0.492 e. The van der Waals surface area contributed by atoms with Crippen LogP contribution in [0.5, 0.6) is 5.75 Å². The lowest BCUT2D eigenvalue weighted by Crippen LogP contribution is -2.42. The molecular formula is C19H25FN4O3. The molecule has 1 aliphatic carbocycles. The Hall–Kier alpha value is -2.35. The molecule has 3 N–H and O–H groups in total. The molecule has 0 unspecified atom stereocenters. The summed E-state index contributed by atoms with van der Waals surface area (Å²) < 4.78 is 22.2. The Morgan fingerprint density at radius 3 is 2.56 bits per heavy atom. The fourth-order valence-corrected chi connectivity index (χ4v) is 4.08. The van der Waals surface area contributed by atoms with Crippen LogP contribution in [-0.2, 0) is 0 Å². The topological polar surface area (TPSA) is 93.3 Å². The number of H-pyrrole nitrogens is 1. The number of ether oxygens (including phenoxy) is 1. The number of halogens is 1. The molecule has 1 saturated heterocycles. The van der Waals surface area contributed by atoms with Gasteiger partial charge in [-0.25, -0.2) is 9.18 Å². The van der Waals surface area contributed by atoms with Crippen LogP contribution in [-0.4, -0.2) is 35.3 Å². The summed E-state index contributed by atoms with van der Waals surface area (Å²) >= 11 is 0. The molecule has 2 fully saturated rings. The van der Waals surface area contributed by atoms with Crippen LogP contribution < -0.4 is 26.6 Å². The summed E-state index contributed by atoms with van der Waals surface area (Å²) in [5, 5.41) is 0.134. The third-order valence-corrected chi connectivity index (χ3v) is 5.78. The van der Waals surface area contributed by atoms with Gasteiger partial charge in [0.2, 0.25) is 0 Å².